The monoisotopic (exact) mass is 436 g/mol. The molecule has 1 heterocycles. The van der Waals surface area contributed by atoms with Crippen LogP contribution < -0.4 is 5.32 Å². The molecule has 0 aromatic rings. The fraction of sp³-hybridized carbons (Fsp3) is 0.944. The van der Waals surface area contributed by atoms with Crippen LogP contribution in [0.4, 0.5) is 0 Å². The van der Waals surface area contributed by atoms with Crippen LogP contribution in [0.5, 0.6) is 0 Å². The normalized spacial score (nSPS) is 24.5. The Balaban J connectivity index is 0.00000264. The first kappa shape index (κ1) is 21.0. The molecule has 0 aromatic carbocycles. The van der Waals surface area contributed by atoms with Gasteiger partial charge >= 0.3 is 0 Å². The maximum absolute atomic E-state index is 4.51. The van der Waals surface area contributed by atoms with Gasteiger partial charge in [-0.15, -0.1) is 24.0 Å². The fourth-order valence-corrected chi connectivity index (χ4v) is 4.11. The molecule has 136 valence electrons. The number of likely N-dealkylation sites (tertiary alicyclic amines) is 1. The molecule has 1 saturated carbocycles. The van der Waals surface area contributed by atoms with E-state index in [1.54, 1.807) is 0 Å². The smallest absolute Gasteiger partial charge is 0.193 e. The molecule has 5 heteroatoms. The molecule has 1 aliphatic carbocycles. The number of hydrogen-bond acceptors (Lipinski definition) is 2. The van der Waals surface area contributed by atoms with Crippen LogP contribution in [0.2, 0.25) is 0 Å². The molecular weight excluding hydrogens is 399 g/mol. The summed E-state index contributed by atoms with van der Waals surface area (Å²) in [6.45, 7) is 11.6. The molecule has 1 saturated heterocycles. The molecule has 23 heavy (non-hydrogen) atoms. The van der Waals surface area contributed by atoms with E-state index < -0.39 is 0 Å². The molecule has 4 nitrogen and oxygen atoms in total. The second kappa shape index (κ2) is 11.5. The number of aliphatic imine (C=N–C) groups is 1. The molecule has 2 atom stereocenters. The lowest BCUT2D eigenvalue weighted by molar-refractivity contribution is 0.297. The van der Waals surface area contributed by atoms with E-state index in [-0.39, 0.29) is 24.0 Å². The van der Waals surface area contributed by atoms with E-state index in [1.807, 2.05) is 7.05 Å². The standard InChI is InChI=1S/C18H36N4.HI/c1-4-21(5-2)13-9-8-12-20-18(19-3)22-14-16-10-6-7-11-17(16)15-22;/h16-17H,4-15H2,1-3H3,(H,19,20);1H. The first-order valence-electron chi connectivity index (χ1n) is 9.46. The molecular formula is C18H37IN4. The third-order valence-corrected chi connectivity index (χ3v) is 5.57. The summed E-state index contributed by atoms with van der Waals surface area (Å²) in [7, 11) is 1.93. The minimum atomic E-state index is 0. The molecule has 0 bridgehead atoms. The number of nitrogens with zero attached hydrogens (tertiary/aromatic N) is 3. The average molecular weight is 436 g/mol. The van der Waals surface area contributed by atoms with Crippen molar-refractivity contribution < 1.29 is 0 Å². The highest BCUT2D eigenvalue weighted by atomic mass is 127. The molecule has 2 unspecified atom stereocenters. The summed E-state index contributed by atoms with van der Waals surface area (Å²) in [5.74, 6) is 2.99. The Kier molecular flexibility index (Phi) is 10.5. The molecule has 0 aromatic heterocycles. The van der Waals surface area contributed by atoms with Gasteiger partial charge in [0.05, 0.1) is 0 Å². The Labute approximate surface area is 160 Å². The lowest BCUT2D eigenvalue weighted by atomic mass is 9.82. The van der Waals surface area contributed by atoms with E-state index >= 15 is 0 Å². The number of nitrogens with one attached hydrogen (secondary N) is 1. The van der Waals surface area contributed by atoms with Gasteiger partial charge in [0, 0.05) is 26.7 Å². The van der Waals surface area contributed by atoms with E-state index in [4.69, 9.17) is 0 Å². The summed E-state index contributed by atoms with van der Waals surface area (Å²) in [5, 5.41) is 3.59. The van der Waals surface area contributed by atoms with Gasteiger partial charge in [-0.1, -0.05) is 26.7 Å². The first-order chi connectivity index (χ1) is 10.8. The molecule has 0 amide bonds. The minimum Gasteiger partial charge on any atom is -0.356 e. The van der Waals surface area contributed by atoms with Crippen molar-refractivity contribution in [1.29, 1.82) is 0 Å². The number of guanidine groups is 1. The van der Waals surface area contributed by atoms with Crippen LogP contribution in [0.1, 0.15) is 52.4 Å². The minimum absolute atomic E-state index is 0. The molecule has 1 aliphatic heterocycles. The average Bonchev–Trinajstić information content (AvgIpc) is 2.98. The maximum Gasteiger partial charge on any atom is 0.193 e. The van der Waals surface area contributed by atoms with Gasteiger partial charge in [-0.3, -0.25) is 4.99 Å². The zero-order valence-electron chi connectivity index (χ0n) is 15.4. The quantitative estimate of drug-likeness (QED) is 0.287. The highest BCUT2D eigenvalue weighted by Crippen LogP contribution is 2.35. The van der Waals surface area contributed by atoms with E-state index in [0.717, 1.165) is 24.3 Å². The van der Waals surface area contributed by atoms with Crippen molar-refractivity contribution in [3.63, 3.8) is 0 Å². The van der Waals surface area contributed by atoms with Gasteiger partial charge in [-0.05, 0) is 57.2 Å². The Morgan fingerprint density at radius 3 is 2.22 bits per heavy atom. The van der Waals surface area contributed by atoms with Gasteiger partial charge in [0.2, 0.25) is 0 Å². The lowest BCUT2D eigenvalue weighted by Crippen LogP contribution is -2.40. The number of unbranched alkanes of at least 4 members (excludes halogenated alkanes) is 1. The second-order valence-electron chi connectivity index (χ2n) is 6.92. The largest absolute Gasteiger partial charge is 0.356 e. The van der Waals surface area contributed by atoms with Gasteiger partial charge < -0.3 is 15.1 Å². The number of rotatable bonds is 7. The van der Waals surface area contributed by atoms with Crippen LogP contribution in [0, 0.1) is 11.8 Å². The summed E-state index contributed by atoms with van der Waals surface area (Å²) in [4.78, 5) is 9.52. The zero-order chi connectivity index (χ0) is 15.8. The van der Waals surface area contributed by atoms with Crippen molar-refractivity contribution in [2.24, 2.45) is 16.8 Å². The van der Waals surface area contributed by atoms with Crippen LogP contribution in [-0.4, -0.2) is 62.1 Å². The Morgan fingerprint density at radius 1 is 1.09 bits per heavy atom. The zero-order valence-corrected chi connectivity index (χ0v) is 17.7. The van der Waals surface area contributed by atoms with E-state index in [0.29, 0.717) is 0 Å². The van der Waals surface area contributed by atoms with Crippen LogP contribution >= 0.6 is 24.0 Å². The van der Waals surface area contributed by atoms with Crippen molar-refractivity contribution in [2.75, 3.05) is 46.3 Å². The molecule has 1 N–H and O–H groups in total. The number of halogens is 1. The molecule has 0 spiro atoms. The van der Waals surface area contributed by atoms with Crippen LogP contribution in [0.3, 0.4) is 0 Å². The Morgan fingerprint density at radius 2 is 1.70 bits per heavy atom. The SMILES string of the molecule is CCN(CC)CCCCNC(=NC)N1CC2CCCCC2C1.I. The van der Waals surface area contributed by atoms with Crippen molar-refractivity contribution in [2.45, 2.75) is 52.4 Å². The molecule has 2 rings (SSSR count). The summed E-state index contributed by atoms with van der Waals surface area (Å²) in [6.07, 6.45) is 8.25. The van der Waals surface area contributed by atoms with Crippen LogP contribution in [0.15, 0.2) is 4.99 Å². The summed E-state index contributed by atoms with van der Waals surface area (Å²) < 4.78 is 0. The predicted octanol–water partition coefficient (Wildman–Crippen LogP) is 3.42. The van der Waals surface area contributed by atoms with Gasteiger partial charge in [-0.2, -0.15) is 0 Å². The highest BCUT2D eigenvalue weighted by molar-refractivity contribution is 14.0. The lowest BCUT2D eigenvalue weighted by Gasteiger charge is -2.22. The summed E-state index contributed by atoms with van der Waals surface area (Å²) >= 11 is 0. The van der Waals surface area contributed by atoms with E-state index in [9.17, 15) is 0 Å². The Bertz CT molecular complexity index is 330. The number of fused-ring (bicyclic) bond motifs is 1. The van der Waals surface area contributed by atoms with Crippen molar-refractivity contribution in [3.05, 3.63) is 0 Å². The van der Waals surface area contributed by atoms with Crippen LogP contribution in [-0.2, 0) is 0 Å². The fourth-order valence-electron chi connectivity index (χ4n) is 4.11. The molecule has 0 radical (unpaired) electrons. The van der Waals surface area contributed by atoms with Gasteiger partial charge in [0.1, 0.15) is 0 Å². The van der Waals surface area contributed by atoms with Crippen molar-refractivity contribution in [3.8, 4) is 0 Å². The van der Waals surface area contributed by atoms with Gasteiger partial charge in [0.25, 0.3) is 0 Å². The first-order valence-corrected chi connectivity index (χ1v) is 9.46. The van der Waals surface area contributed by atoms with Gasteiger partial charge in [0.15, 0.2) is 5.96 Å². The van der Waals surface area contributed by atoms with Gasteiger partial charge in [-0.25, -0.2) is 0 Å². The third kappa shape index (κ3) is 6.40. The second-order valence-corrected chi connectivity index (χ2v) is 6.92. The summed E-state index contributed by atoms with van der Waals surface area (Å²) in [6, 6.07) is 0. The van der Waals surface area contributed by atoms with E-state index in [2.05, 4.69) is 34.0 Å². The summed E-state index contributed by atoms with van der Waals surface area (Å²) in [5.41, 5.74) is 0. The van der Waals surface area contributed by atoms with Crippen LogP contribution in [0.25, 0.3) is 0 Å². The topological polar surface area (TPSA) is 30.9 Å². The molecule has 2 aliphatic rings. The van der Waals surface area contributed by atoms with Crippen molar-refractivity contribution >= 4 is 29.9 Å². The predicted molar refractivity (Wildman–Crippen MR) is 111 cm³/mol. The Hall–Kier alpha value is -0.0400. The van der Waals surface area contributed by atoms with E-state index in [1.165, 1.54) is 71.2 Å². The third-order valence-electron chi connectivity index (χ3n) is 5.57. The maximum atomic E-state index is 4.51. The highest BCUT2D eigenvalue weighted by Gasteiger charge is 2.35. The van der Waals surface area contributed by atoms with Crippen molar-refractivity contribution in [1.82, 2.24) is 15.1 Å². The molecule has 2 fully saturated rings. The number of hydrogen-bond donors (Lipinski definition) is 1.